The highest BCUT2D eigenvalue weighted by Crippen LogP contribution is 2.28. The number of amides is 2. The molecule has 0 atom stereocenters. The SMILES string of the molecule is Cc1cccc(NS(=O)(=O)c2ccc(CN3C(=O)c4cccnc4C3=O)s2)c1. The second-order valence-corrected chi connectivity index (χ2v) is 9.37. The van der Waals surface area contributed by atoms with Gasteiger partial charge >= 0.3 is 0 Å². The van der Waals surface area contributed by atoms with Crippen LogP contribution in [0.25, 0.3) is 0 Å². The fourth-order valence-electron chi connectivity index (χ4n) is 2.91. The summed E-state index contributed by atoms with van der Waals surface area (Å²) in [5, 5.41) is 0. The summed E-state index contributed by atoms with van der Waals surface area (Å²) in [6.45, 7) is 1.87. The van der Waals surface area contributed by atoms with Crippen LogP contribution in [0.1, 0.15) is 31.3 Å². The number of pyridine rings is 1. The van der Waals surface area contributed by atoms with Gasteiger partial charge in [-0.05, 0) is 48.9 Å². The van der Waals surface area contributed by atoms with E-state index in [1.807, 2.05) is 13.0 Å². The lowest BCUT2D eigenvalue weighted by molar-refractivity contribution is 0.0642. The number of fused-ring (bicyclic) bond motifs is 1. The lowest BCUT2D eigenvalue weighted by atomic mass is 10.2. The van der Waals surface area contributed by atoms with Gasteiger partial charge in [-0.2, -0.15) is 0 Å². The van der Waals surface area contributed by atoms with Crippen LogP contribution in [0.4, 0.5) is 5.69 Å². The predicted molar refractivity (Wildman–Crippen MR) is 105 cm³/mol. The van der Waals surface area contributed by atoms with Crippen molar-refractivity contribution in [1.29, 1.82) is 0 Å². The molecule has 7 nitrogen and oxygen atoms in total. The number of carbonyl (C=O) groups is 2. The van der Waals surface area contributed by atoms with Crippen LogP contribution in [-0.4, -0.2) is 30.1 Å². The minimum Gasteiger partial charge on any atom is -0.279 e. The Morgan fingerprint density at radius 2 is 1.89 bits per heavy atom. The first-order valence-corrected chi connectivity index (χ1v) is 10.6. The van der Waals surface area contributed by atoms with E-state index in [1.54, 1.807) is 36.4 Å². The van der Waals surface area contributed by atoms with Crippen molar-refractivity contribution in [2.75, 3.05) is 4.72 Å². The zero-order chi connectivity index (χ0) is 19.9. The number of sulfonamides is 1. The van der Waals surface area contributed by atoms with Crippen LogP contribution in [0.15, 0.2) is 58.9 Å². The monoisotopic (exact) mass is 413 g/mol. The molecule has 2 aromatic heterocycles. The van der Waals surface area contributed by atoms with Gasteiger partial charge in [-0.25, -0.2) is 8.42 Å². The number of carbonyl (C=O) groups excluding carboxylic acids is 2. The summed E-state index contributed by atoms with van der Waals surface area (Å²) in [7, 11) is -3.76. The number of nitrogens with one attached hydrogen (secondary N) is 1. The molecule has 0 saturated carbocycles. The number of hydrogen-bond donors (Lipinski definition) is 1. The molecule has 3 heterocycles. The molecule has 28 heavy (non-hydrogen) atoms. The summed E-state index contributed by atoms with van der Waals surface area (Å²) in [6, 6.07) is 13.3. The molecule has 1 aliphatic rings. The summed E-state index contributed by atoms with van der Waals surface area (Å²) in [4.78, 5) is 30.5. The summed E-state index contributed by atoms with van der Waals surface area (Å²) in [6.07, 6.45) is 1.46. The van der Waals surface area contributed by atoms with Crippen LogP contribution in [0, 0.1) is 6.92 Å². The van der Waals surface area contributed by atoms with Crippen molar-refractivity contribution in [3.8, 4) is 0 Å². The van der Waals surface area contributed by atoms with Gasteiger partial charge in [0, 0.05) is 16.8 Å². The molecule has 0 bridgehead atoms. The Labute approximate surface area is 165 Å². The molecule has 1 aliphatic heterocycles. The Morgan fingerprint density at radius 3 is 2.64 bits per heavy atom. The summed E-state index contributed by atoms with van der Waals surface area (Å²) < 4.78 is 27.9. The van der Waals surface area contributed by atoms with E-state index in [1.165, 1.54) is 12.3 Å². The van der Waals surface area contributed by atoms with Crippen molar-refractivity contribution < 1.29 is 18.0 Å². The molecule has 0 saturated heterocycles. The third-order valence-electron chi connectivity index (χ3n) is 4.22. The smallest absolute Gasteiger partial charge is 0.279 e. The summed E-state index contributed by atoms with van der Waals surface area (Å²) >= 11 is 1.02. The molecule has 142 valence electrons. The molecule has 3 aromatic rings. The zero-order valence-electron chi connectivity index (χ0n) is 14.7. The number of aryl methyl sites for hydroxylation is 1. The lowest BCUT2D eigenvalue weighted by Crippen LogP contribution is -2.28. The van der Waals surface area contributed by atoms with E-state index < -0.39 is 21.8 Å². The van der Waals surface area contributed by atoms with Gasteiger partial charge in [-0.15, -0.1) is 11.3 Å². The number of benzene rings is 1. The van der Waals surface area contributed by atoms with E-state index in [2.05, 4.69) is 9.71 Å². The lowest BCUT2D eigenvalue weighted by Gasteiger charge is -2.11. The van der Waals surface area contributed by atoms with E-state index in [4.69, 9.17) is 0 Å². The number of thiophene rings is 1. The molecule has 1 N–H and O–H groups in total. The zero-order valence-corrected chi connectivity index (χ0v) is 16.4. The Bertz CT molecular complexity index is 1170. The first-order valence-electron chi connectivity index (χ1n) is 8.34. The van der Waals surface area contributed by atoms with Crippen molar-refractivity contribution in [2.45, 2.75) is 17.7 Å². The summed E-state index contributed by atoms with van der Waals surface area (Å²) in [5.41, 5.74) is 1.80. The fourth-order valence-corrected chi connectivity index (χ4v) is 5.31. The first-order chi connectivity index (χ1) is 13.3. The van der Waals surface area contributed by atoms with E-state index in [9.17, 15) is 18.0 Å². The maximum absolute atomic E-state index is 12.6. The second-order valence-electron chi connectivity index (χ2n) is 6.29. The molecule has 9 heteroatoms. The molecule has 0 spiro atoms. The molecule has 2 amide bonds. The average Bonchev–Trinajstić information content (AvgIpc) is 3.22. The van der Waals surface area contributed by atoms with Crippen LogP contribution in [0.5, 0.6) is 0 Å². The minimum atomic E-state index is -3.76. The van der Waals surface area contributed by atoms with Crippen LogP contribution < -0.4 is 4.72 Å². The Kier molecular flexibility index (Phi) is 4.48. The van der Waals surface area contributed by atoms with Crippen molar-refractivity contribution in [3.63, 3.8) is 0 Å². The van der Waals surface area contributed by atoms with Gasteiger partial charge < -0.3 is 0 Å². The molecule has 0 radical (unpaired) electrons. The van der Waals surface area contributed by atoms with Crippen molar-refractivity contribution in [2.24, 2.45) is 0 Å². The van der Waals surface area contributed by atoms with Gasteiger partial charge in [0.05, 0.1) is 12.1 Å². The molecular weight excluding hydrogens is 398 g/mol. The normalized spacial score (nSPS) is 13.7. The van der Waals surface area contributed by atoms with Gasteiger partial charge in [0.25, 0.3) is 21.8 Å². The van der Waals surface area contributed by atoms with Crippen molar-refractivity contribution in [3.05, 3.63) is 76.4 Å². The minimum absolute atomic E-state index is 0.00133. The van der Waals surface area contributed by atoms with Crippen LogP contribution in [0.2, 0.25) is 0 Å². The third kappa shape index (κ3) is 3.30. The van der Waals surface area contributed by atoms with Gasteiger partial charge in [0.15, 0.2) is 0 Å². The quantitative estimate of drug-likeness (QED) is 0.649. The van der Waals surface area contributed by atoms with Crippen LogP contribution in [-0.2, 0) is 16.6 Å². The maximum Gasteiger partial charge on any atom is 0.280 e. The number of hydrogen-bond acceptors (Lipinski definition) is 6. The molecule has 0 fully saturated rings. The van der Waals surface area contributed by atoms with E-state index in [0.29, 0.717) is 10.6 Å². The molecular formula is C19H15N3O4S2. The van der Waals surface area contributed by atoms with E-state index >= 15 is 0 Å². The highest BCUT2D eigenvalue weighted by atomic mass is 32.2. The van der Waals surface area contributed by atoms with Crippen LogP contribution >= 0.6 is 11.3 Å². The molecule has 0 aliphatic carbocycles. The Morgan fingerprint density at radius 1 is 1.07 bits per heavy atom. The van der Waals surface area contributed by atoms with Crippen LogP contribution in [0.3, 0.4) is 0 Å². The molecule has 0 unspecified atom stereocenters. The highest BCUT2D eigenvalue weighted by molar-refractivity contribution is 7.94. The van der Waals surface area contributed by atoms with Gasteiger partial charge in [0.2, 0.25) is 0 Å². The number of aromatic nitrogens is 1. The Balaban J connectivity index is 1.54. The number of imide groups is 1. The van der Waals surface area contributed by atoms with E-state index in [-0.39, 0.29) is 22.0 Å². The summed E-state index contributed by atoms with van der Waals surface area (Å²) in [5.74, 6) is -0.903. The number of anilines is 1. The van der Waals surface area contributed by atoms with Gasteiger partial charge in [-0.1, -0.05) is 12.1 Å². The molecule has 1 aromatic carbocycles. The van der Waals surface area contributed by atoms with Crippen molar-refractivity contribution in [1.82, 2.24) is 9.88 Å². The average molecular weight is 413 g/mol. The molecule has 4 rings (SSSR count). The topological polar surface area (TPSA) is 96.4 Å². The fraction of sp³-hybridized carbons (Fsp3) is 0.105. The van der Waals surface area contributed by atoms with Gasteiger partial charge in [-0.3, -0.25) is 24.2 Å². The second kappa shape index (κ2) is 6.84. The number of rotatable bonds is 5. The first kappa shape index (κ1) is 18.3. The Hall–Kier alpha value is -3.04. The largest absolute Gasteiger partial charge is 0.280 e. The third-order valence-corrected chi connectivity index (χ3v) is 7.16. The number of nitrogens with zero attached hydrogens (tertiary/aromatic N) is 2. The highest BCUT2D eigenvalue weighted by Gasteiger charge is 2.36. The van der Waals surface area contributed by atoms with Gasteiger partial charge in [0.1, 0.15) is 9.90 Å². The van der Waals surface area contributed by atoms with Crippen molar-refractivity contribution >= 4 is 38.9 Å². The van der Waals surface area contributed by atoms with E-state index in [0.717, 1.165) is 21.8 Å². The maximum atomic E-state index is 12.6. The standard InChI is InChI=1S/C19H15N3O4S2/c1-12-4-2-5-13(10-12)21-28(25,26)16-8-7-14(27-16)11-22-18(23)15-6-3-9-20-17(15)19(22)24/h2-10,21H,11H2,1H3. The predicted octanol–water partition coefficient (Wildman–Crippen LogP) is 3.05.